The smallest absolute Gasteiger partial charge is 0.410 e. The van der Waals surface area contributed by atoms with Crippen LogP contribution in [0.25, 0.3) is 0 Å². The van der Waals surface area contributed by atoms with Gasteiger partial charge in [-0.2, -0.15) is 0 Å². The molecule has 5 nitrogen and oxygen atoms in total. The van der Waals surface area contributed by atoms with Crippen molar-refractivity contribution in [2.24, 2.45) is 0 Å². The standard InChI is InChI=1S/C18H26N2O3/c1-5-15-12-19(17(22)23-18(2,3)4)13-16(21)20(15)11-14-9-7-6-8-10-14/h6-10,15H,5,11-13H2,1-4H3. The van der Waals surface area contributed by atoms with Crippen LogP contribution in [0.1, 0.15) is 39.7 Å². The molecule has 1 aliphatic rings. The van der Waals surface area contributed by atoms with E-state index in [1.807, 2.05) is 62.9 Å². The highest BCUT2D eigenvalue weighted by molar-refractivity contribution is 5.84. The van der Waals surface area contributed by atoms with Crippen molar-refractivity contribution >= 4 is 12.0 Å². The lowest BCUT2D eigenvalue weighted by Crippen LogP contribution is -2.57. The van der Waals surface area contributed by atoms with Crippen LogP contribution in [-0.4, -0.2) is 46.5 Å². The minimum Gasteiger partial charge on any atom is -0.444 e. The average Bonchev–Trinajstić information content (AvgIpc) is 2.48. The quantitative estimate of drug-likeness (QED) is 0.860. The van der Waals surface area contributed by atoms with Gasteiger partial charge in [-0.25, -0.2) is 4.79 Å². The lowest BCUT2D eigenvalue weighted by Gasteiger charge is -2.41. The van der Waals surface area contributed by atoms with Crippen molar-refractivity contribution in [3.63, 3.8) is 0 Å². The third-order valence-corrected chi connectivity index (χ3v) is 3.84. The van der Waals surface area contributed by atoms with Crippen LogP contribution < -0.4 is 0 Å². The van der Waals surface area contributed by atoms with E-state index in [0.717, 1.165) is 12.0 Å². The fraction of sp³-hybridized carbons (Fsp3) is 0.556. The van der Waals surface area contributed by atoms with Gasteiger partial charge in [-0.1, -0.05) is 37.3 Å². The Bertz CT molecular complexity index is 551. The van der Waals surface area contributed by atoms with E-state index in [1.54, 1.807) is 0 Å². The van der Waals surface area contributed by atoms with Crippen molar-refractivity contribution in [1.82, 2.24) is 9.80 Å². The number of hydrogen-bond acceptors (Lipinski definition) is 3. The molecule has 1 heterocycles. The van der Waals surface area contributed by atoms with Gasteiger partial charge in [0.25, 0.3) is 0 Å². The molecule has 2 amide bonds. The van der Waals surface area contributed by atoms with E-state index in [1.165, 1.54) is 4.90 Å². The molecule has 0 N–H and O–H groups in total. The van der Waals surface area contributed by atoms with Crippen molar-refractivity contribution in [3.05, 3.63) is 35.9 Å². The Morgan fingerprint density at radius 3 is 2.48 bits per heavy atom. The van der Waals surface area contributed by atoms with E-state index < -0.39 is 11.7 Å². The first-order chi connectivity index (χ1) is 10.8. The predicted octanol–water partition coefficient (Wildman–Crippen LogP) is 3.04. The van der Waals surface area contributed by atoms with Crippen LogP contribution in [0.5, 0.6) is 0 Å². The Balaban J connectivity index is 2.06. The minimum atomic E-state index is -0.553. The fourth-order valence-electron chi connectivity index (χ4n) is 2.69. The zero-order valence-corrected chi connectivity index (χ0v) is 14.4. The van der Waals surface area contributed by atoms with Crippen LogP contribution in [0, 0.1) is 0 Å². The normalized spacial score (nSPS) is 19.0. The zero-order valence-electron chi connectivity index (χ0n) is 14.4. The molecule has 1 aromatic rings. The molecule has 23 heavy (non-hydrogen) atoms. The molecule has 1 aromatic carbocycles. The summed E-state index contributed by atoms with van der Waals surface area (Å²) in [6, 6.07) is 9.95. The molecule has 0 spiro atoms. The summed E-state index contributed by atoms with van der Waals surface area (Å²) in [5.41, 5.74) is 0.549. The van der Waals surface area contributed by atoms with Gasteiger partial charge in [0.1, 0.15) is 12.1 Å². The number of rotatable bonds is 3. The Kier molecular flexibility index (Phi) is 5.29. The van der Waals surface area contributed by atoms with E-state index in [9.17, 15) is 9.59 Å². The highest BCUT2D eigenvalue weighted by Gasteiger charge is 2.35. The molecule has 126 valence electrons. The first kappa shape index (κ1) is 17.3. The molecule has 0 bridgehead atoms. The number of piperazine rings is 1. The molecular formula is C18H26N2O3. The van der Waals surface area contributed by atoms with Gasteiger partial charge >= 0.3 is 6.09 Å². The molecule has 2 rings (SSSR count). The topological polar surface area (TPSA) is 49.9 Å². The fourth-order valence-corrected chi connectivity index (χ4v) is 2.69. The second kappa shape index (κ2) is 7.02. The highest BCUT2D eigenvalue weighted by Crippen LogP contribution is 2.19. The molecule has 5 heteroatoms. The molecule has 1 unspecified atom stereocenters. The van der Waals surface area contributed by atoms with Crippen LogP contribution in [0.4, 0.5) is 4.79 Å². The van der Waals surface area contributed by atoms with E-state index in [4.69, 9.17) is 4.74 Å². The largest absolute Gasteiger partial charge is 0.444 e. The van der Waals surface area contributed by atoms with Gasteiger partial charge in [-0.3, -0.25) is 9.69 Å². The zero-order chi connectivity index (χ0) is 17.0. The molecule has 1 atom stereocenters. The number of nitrogens with zero attached hydrogens (tertiary/aromatic N) is 2. The summed E-state index contributed by atoms with van der Waals surface area (Å²) in [4.78, 5) is 28.1. The molecule has 1 saturated heterocycles. The van der Waals surface area contributed by atoms with E-state index in [-0.39, 0.29) is 18.5 Å². The predicted molar refractivity (Wildman–Crippen MR) is 88.9 cm³/mol. The van der Waals surface area contributed by atoms with E-state index in [2.05, 4.69) is 0 Å². The summed E-state index contributed by atoms with van der Waals surface area (Å²) in [6.07, 6.45) is 0.390. The maximum absolute atomic E-state index is 12.5. The van der Waals surface area contributed by atoms with Gasteiger partial charge in [-0.05, 0) is 32.8 Å². The lowest BCUT2D eigenvalue weighted by molar-refractivity contribution is -0.140. The summed E-state index contributed by atoms with van der Waals surface area (Å²) >= 11 is 0. The SMILES string of the molecule is CCC1CN(C(=O)OC(C)(C)C)CC(=O)N1Cc1ccccc1. The first-order valence-electron chi connectivity index (χ1n) is 8.11. The van der Waals surface area contributed by atoms with Gasteiger partial charge in [0, 0.05) is 19.1 Å². The maximum atomic E-state index is 12.5. The Morgan fingerprint density at radius 2 is 1.91 bits per heavy atom. The van der Waals surface area contributed by atoms with Gasteiger partial charge < -0.3 is 9.64 Å². The van der Waals surface area contributed by atoms with Crippen molar-refractivity contribution in [3.8, 4) is 0 Å². The van der Waals surface area contributed by atoms with E-state index >= 15 is 0 Å². The molecular weight excluding hydrogens is 292 g/mol. The van der Waals surface area contributed by atoms with Crippen LogP contribution in [0.2, 0.25) is 0 Å². The second-order valence-corrected chi connectivity index (χ2v) is 6.93. The summed E-state index contributed by atoms with van der Waals surface area (Å²) in [5.74, 6) is -0.0298. The molecule has 1 aliphatic heterocycles. The first-order valence-corrected chi connectivity index (χ1v) is 8.11. The Hall–Kier alpha value is -2.04. The number of amides is 2. The minimum absolute atomic E-state index is 0.0176. The average molecular weight is 318 g/mol. The molecule has 0 aliphatic carbocycles. The summed E-state index contributed by atoms with van der Waals surface area (Å²) in [5, 5.41) is 0. The molecule has 0 saturated carbocycles. The van der Waals surface area contributed by atoms with Crippen LogP contribution >= 0.6 is 0 Å². The van der Waals surface area contributed by atoms with Crippen LogP contribution in [0.3, 0.4) is 0 Å². The van der Waals surface area contributed by atoms with Crippen molar-refractivity contribution in [2.75, 3.05) is 13.1 Å². The van der Waals surface area contributed by atoms with Crippen molar-refractivity contribution in [2.45, 2.75) is 52.3 Å². The lowest BCUT2D eigenvalue weighted by atomic mass is 10.1. The monoisotopic (exact) mass is 318 g/mol. The van der Waals surface area contributed by atoms with E-state index in [0.29, 0.717) is 13.1 Å². The summed E-state index contributed by atoms with van der Waals surface area (Å²) in [6.45, 7) is 8.71. The maximum Gasteiger partial charge on any atom is 0.410 e. The summed E-state index contributed by atoms with van der Waals surface area (Å²) < 4.78 is 5.39. The van der Waals surface area contributed by atoms with Crippen LogP contribution in [0.15, 0.2) is 30.3 Å². The van der Waals surface area contributed by atoms with Gasteiger partial charge in [0.2, 0.25) is 5.91 Å². The van der Waals surface area contributed by atoms with Crippen molar-refractivity contribution in [1.29, 1.82) is 0 Å². The molecule has 1 fully saturated rings. The van der Waals surface area contributed by atoms with Gasteiger partial charge in [0.15, 0.2) is 0 Å². The number of ether oxygens (including phenoxy) is 1. The Morgan fingerprint density at radius 1 is 1.26 bits per heavy atom. The second-order valence-electron chi connectivity index (χ2n) is 6.93. The number of carbonyl (C=O) groups excluding carboxylic acids is 2. The third kappa shape index (κ3) is 4.71. The number of benzene rings is 1. The molecule has 0 radical (unpaired) electrons. The van der Waals surface area contributed by atoms with Gasteiger partial charge in [-0.15, -0.1) is 0 Å². The van der Waals surface area contributed by atoms with Crippen molar-refractivity contribution < 1.29 is 14.3 Å². The number of carbonyl (C=O) groups is 2. The number of hydrogen-bond donors (Lipinski definition) is 0. The van der Waals surface area contributed by atoms with Crippen LogP contribution in [-0.2, 0) is 16.1 Å². The molecule has 0 aromatic heterocycles. The Labute approximate surface area is 138 Å². The third-order valence-electron chi connectivity index (χ3n) is 3.84. The van der Waals surface area contributed by atoms with Gasteiger partial charge in [0.05, 0.1) is 0 Å². The highest BCUT2D eigenvalue weighted by atomic mass is 16.6. The summed E-state index contributed by atoms with van der Waals surface area (Å²) in [7, 11) is 0.